The number of fused-ring (bicyclic) bond motifs is 2. The lowest BCUT2D eigenvalue weighted by Gasteiger charge is -2.23. The highest BCUT2D eigenvalue weighted by molar-refractivity contribution is 5.96. The summed E-state index contributed by atoms with van der Waals surface area (Å²) in [7, 11) is 0. The number of aryl methyl sites for hydroxylation is 1. The predicted octanol–water partition coefficient (Wildman–Crippen LogP) is 4.87. The van der Waals surface area contributed by atoms with Gasteiger partial charge in [0.25, 0.3) is 0 Å². The van der Waals surface area contributed by atoms with Crippen molar-refractivity contribution in [1.82, 2.24) is 0 Å². The zero-order chi connectivity index (χ0) is 19.7. The minimum absolute atomic E-state index is 0.00804. The molecule has 4 atom stereocenters. The fraction of sp³-hybridized carbons (Fsp3) is 0.273. The van der Waals surface area contributed by atoms with Crippen molar-refractivity contribution in [2.75, 3.05) is 5.32 Å². The Balaban J connectivity index is 1.42. The molecule has 6 heteroatoms. The van der Waals surface area contributed by atoms with Gasteiger partial charge in [-0.05, 0) is 61.6 Å². The van der Waals surface area contributed by atoms with E-state index in [0.717, 1.165) is 17.7 Å². The number of benzene rings is 2. The van der Waals surface area contributed by atoms with Crippen LogP contribution in [0.2, 0.25) is 0 Å². The van der Waals surface area contributed by atoms with Crippen molar-refractivity contribution >= 4 is 28.9 Å². The zero-order valence-corrected chi connectivity index (χ0v) is 15.4. The van der Waals surface area contributed by atoms with E-state index in [0.29, 0.717) is 11.4 Å². The van der Waals surface area contributed by atoms with Gasteiger partial charge in [-0.3, -0.25) is 9.59 Å². The molecule has 2 aliphatic carbocycles. The summed E-state index contributed by atoms with van der Waals surface area (Å²) in [5, 5.41) is 20.7. The molecule has 1 saturated carbocycles. The number of allylic oxidation sites excluding steroid dienone is 2. The average Bonchev–Trinajstić information content (AvgIpc) is 3.30. The van der Waals surface area contributed by atoms with Crippen LogP contribution >= 0.6 is 0 Å². The van der Waals surface area contributed by atoms with Gasteiger partial charge < -0.3 is 10.4 Å². The number of carbonyl (C=O) groups is 2. The Bertz CT molecular complexity index is 948. The number of carboxylic acids is 1. The molecule has 1 fully saturated rings. The summed E-state index contributed by atoms with van der Waals surface area (Å²) >= 11 is 0. The van der Waals surface area contributed by atoms with Crippen LogP contribution in [0.25, 0.3) is 0 Å². The normalized spacial score (nSPS) is 25.3. The Morgan fingerprint density at radius 1 is 0.893 bits per heavy atom. The van der Waals surface area contributed by atoms with Gasteiger partial charge in [-0.2, -0.15) is 10.2 Å². The first kappa shape index (κ1) is 18.1. The van der Waals surface area contributed by atoms with Gasteiger partial charge >= 0.3 is 5.97 Å². The van der Waals surface area contributed by atoms with Crippen LogP contribution < -0.4 is 5.32 Å². The number of aliphatic carboxylic acids is 1. The topological polar surface area (TPSA) is 91.1 Å². The van der Waals surface area contributed by atoms with Gasteiger partial charge in [0, 0.05) is 5.69 Å². The van der Waals surface area contributed by atoms with Crippen LogP contribution in [0.15, 0.2) is 70.9 Å². The standard InChI is InChI=1S/C22H21N3O3/c1-13-2-6-17(7-3-13)24-25-18-10-8-16(9-11-18)23-21(26)19-14-4-5-15(12-14)20(19)22(27)28/h2-11,14-15,19-20H,12H2,1H3,(H,23,26)(H,27,28)/t14-,15-,19-,20-/m0/s1. The molecular formula is C22H21N3O3. The van der Waals surface area contributed by atoms with E-state index in [1.165, 1.54) is 0 Å². The SMILES string of the molecule is Cc1ccc(N=Nc2ccc(NC(=O)[C@@H]3[C@@H](C(=O)O)[C@H]4C=C[C@H]3C4)cc2)cc1. The van der Waals surface area contributed by atoms with Crippen LogP contribution in [-0.2, 0) is 9.59 Å². The first-order chi connectivity index (χ1) is 13.5. The van der Waals surface area contributed by atoms with Crippen molar-refractivity contribution in [3.8, 4) is 0 Å². The predicted molar refractivity (Wildman–Crippen MR) is 106 cm³/mol. The van der Waals surface area contributed by atoms with E-state index >= 15 is 0 Å². The molecular weight excluding hydrogens is 354 g/mol. The number of hydrogen-bond acceptors (Lipinski definition) is 4. The third-order valence-electron chi connectivity index (χ3n) is 5.50. The molecule has 2 aromatic rings. The van der Waals surface area contributed by atoms with E-state index in [4.69, 9.17) is 0 Å². The number of hydrogen-bond donors (Lipinski definition) is 2. The molecule has 4 rings (SSSR count). The van der Waals surface area contributed by atoms with E-state index in [9.17, 15) is 14.7 Å². The van der Waals surface area contributed by atoms with Gasteiger partial charge in [-0.1, -0.05) is 29.8 Å². The minimum atomic E-state index is -0.899. The molecule has 0 unspecified atom stereocenters. The Labute approximate surface area is 163 Å². The average molecular weight is 375 g/mol. The van der Waals surface area contributed by atoms with Gasteiger partial charge in [0.05, 0.1) is 23.2 Å². The summed E-state index contributed by atoms with van der Waals surface area (Å²) in [4.78, 5) is 24.3. The summed E-state index contributed by atoms with van der Waals surface area (Å²) in [6.45, 7) is 2.01. The highest BCUT2D eigenvalue weighted by atomic mass is 16.4. The van der Waals surface area contributed by atoms with Crippen LogP contribution in [0.5, 0.6) is 0 Å². The van der Waals surface area contributed by atoms with Gasteiger partial charge in [0.1, 0.15) is 0 Å². The van der Waals surface area contributed by atoms with Crippen LogP contribution in [-0.4, -0.2) is 17.0 Å². The third kappa shape index (κ3) is 3.58. The molecule has 2 aromatic carbocycles. The number of amides is 1. The summed E-state index contributed by atoms with van der Waals surface area (Å²) in [5.41, 5.74) is 3.22. The van der Waals surface area contributed by atoms with Crippen molar-refractivity contribution in [2.24, 2.45) is 33.9 Å². The fourth-order valence-corrected chi connectivity index (χ4v) is 4.08. The minimum Gasteiger partial charge on any atom is -0.481 e. The van der Waals surface area contributed by atoms with Gasteiger partial charge in [-0.15, -0.1) is 0 Å². The third-order valence-corrected chi connectivity index (χ3v) is 5.50. The van der Waals surface area contributed by atoms with Crippen molar-refractivity contribution in [2.45, 2.75) is 13.3 Å². The van der Waals surface area contributed by atoms with Crippen molar-refractivity contribution in [1.29, 1.82) is 0 Å². The van der Waals surface area contributed by atoms with Gasteiger partial charge in [0.2, 0.25) is 5.91 Å². The second-order valence-electron chi connectivity index (χ2n) is 7.41. The maximum Gasteiger partial charge on any atom is 0.307 e. The number of rotatable bonds is 5. The molecule has 0 aromatic heterocycles. The zero-order valence-electron chi connectivity index (χ0n) is 15.4. The van der Waals surface area contributed by atoms with Crippen LogP contribution in [0.3, 0.4) is 0 Å². The molecule has 2 N–H and O–H groups in total. The number of nitrogens with zero attached hydrogens (tertiary/aromatic N) is 2. The van der Waals surface area contributed by atoms with Crippen molar-refractivity contribution in [3.63, 3.8) is 0 Å². The first-order valence-electron chi connectivity index (χ1n) is 9.32. The largest absolute Gasteiger partial charge is 0.481 e. The molecule has 2 bridgehead atoms. The van der Waals surface area contributed by atoms with E-state index in [-0.39, 0.29) is 17.7 Å². The van der Waals surface area contributed by atoms with E-state index in [2.05, 4.69) is 15.5 Å². The Morgan fingerprint density at radius 2 is 1.43 bits per heavy atom. The summed E-state index contributed by atoms with van der Waals surface area (Å²) in [6, 6.07) is 14.8. The van der Waals surface area contributed by atoms with Crippen LogP contribution in [0.4, 0.5) is 17.1 Å². The first-order valence-corrected chi connectivity index (χ1v) is 9.32. The lowest BCUT2D eigenvalue weighted by atomic mass is 9.82. The number of nitrogens with one attached hydrogen (secondary N) is 1. The summed E-state index contributed by atoms with van der Waals surface area (Å²) in [6.07, 6.45) is 4.65. The van der Waals surface area contributed by atoms with Crippen molar-refractivity contribution < 1.29 is 14.7 Å². The Kier molecular flexibility index (Phi) is 4.77. The quantitative estimate of drug-likeness (QED) is 0.577. The van der Waals surface area contributed by atoms with E-state index in [1.54, 1.807) is 24.3 Å². The highest BCUT2D eigenvalue weighted by Crippen LogP contribution is 2.48. The molecule has 0 heterocycles. The molecule has 6 nitrogen and oxygen atoms in total. The molecule has 28 heavy (non-hydrogen) atoms. The second kappa shape index (κ2) is 7.38. The molecule has 142 valence electrons. The fourth-order valence-electron chi connectivity index (χ4n) is 4.08. The molecule has 0 saturated heterocycles. The molecule has 0 spiro atoms. The highest BCUT2D eigenvalue weighted by Gasteiger charge is 2.51. The van der Waals surface area contributed by atoms with Gasteiger partial charge in [-0.25, -0.2) is 0 Å². The lowest BCUT2D eigenvalue weighted by Crippen LogP contribution is -2.36. The number of azo groups is 1. The molecule has 2 aliphatic rings. The molecule has 0 radical (unpaired) electrons. The number of carboxylic acid groups (broad SMARTS) is 1. The second-order valence-corrected chi connectivity index (χ2v) is 7.41. The summed E-state index contributed by atoms with van der Waals surface area (Å²) in [5.74, 6) is -2.33. The van der Waals surface area contributed by atoms with E-state index < -0.39 is 17.8 Å². The maximum atomic E-state index is 12.7. The lowest BCUT2D eigenvalue weighted by molar-refractivity contribution is -0.146. The Hall–Kier alpha value is -3.28. The van der Waals surface area contributed by atoms with Gasteiger partial charge in [0.15, 0.2) is 0 Å². The molecule has 1 amide bonds. The monoisotopic (exact) mass is 375 g/mol. The smallest absolute Gasteiger partial charge is 0.307 e. The van der Waals surface area contributed by atoms with Crippen LogP contribution in [0, 0.1) is 30.6 Å². The summed E-state index contributed by atoms with van der Waals surface area (Å²) < 4.78 is 0. The van der Waals surface area contributed by atoms with Crippen LogP contribution in [0.1, 0.15) is 12.0 Å². The van der Waals surface area contributed by atoms with E-state index in [1.807, 2.05) is 43.3 Å². The maximum absolute atomic E-state index is 12.7. The Morgan fingerprint density at radius 3 is 2.00 bits per heavy atom. The number of carbonyl (C=O) groups excluding carboxylic acids is 1. The van der Waals surface area contributed by atoms with Crippen molar-refractivity contribution in [3.05, 3.63) is 66.2 Å². The molecule has 0 aliphatic heterocycles. The number of anilines is 1.